The van der Waals surface area contributed by atoms with Crippen LogP contribution in [0.1, 0.15) is 20.8 Å². The van der Waals surface area contributed by atoms with E-state index in [1.54, 1.807) is 13.8 Å². The zero-order valence-corrected chi connectivity index (χ0v) is 12.9. The van der Waals surface area contributed by atoms with E-state index in [-0.39, 0.29) is 10.7 Å². The van der Waals surface area contributed by atoms with Gasteiger partial charge in [-0.05, 0) is 44.0 Å². The highest BCUT2D eigenvalue weighted by Crippen LogP contribution is 2.64. The van der Waals surface area contributed by atoms with Crippen molar-refractivity contribution in [3.05, 3.63) is 10.7 Å². The molecule has 0 bridgehead atoms. The number of aliphatic hydroxyl groups excluding tert-OH is 1. The van der Waals surface area contributed by atoms with Crippen LogP contribution in [0.4, 0.5) is 0 Å². The second-order valence-electron chi connectivity index (χ2n) is 2.87. The number of carbonyl (C=O) groups is 1. The molecule has 0 fully saturated rings. The molecule has 2 N–H and O–H groups in total. The Morgan fingerprint density at radius 2 is 1.88 bits per heavy atom. The molecule has 8 heteroatoms. The maximum atomic E-state index is 11.6. The minimum atomic E-state index is -2.63. The number of rotatable bonds is 7. The summed E-state index contributed by atoms with van der Waals surface area (Å²) < 4.78 is 10.8. The van der Waals surface area contributed by atoms with Gasteiger partial charge in [0.15, 0.2) is 0 Å². The predicted octanol–water partition coefficient (Wildman–Crippen LogP) is 2.55. The highest BCUT2D eigenvalue weighted by molar-refractivity contribution is 8.69. The summed E-state index contributed by atoms with van der Waals surface area (Å²) in [6, 6.07) is 0. The Hall–Kier alpha value is -0.0700. The average molecular weight is 299 g/mol. The van der Waals surface area contributed by atoms with Crippen LogP contribution in [0.5, 0.6) is 0 Å². The number of likely N-dealkylation sites (N-methyl/N-ethyl adjacent to an activating group) is 1. The third-order valence-electron chi connectivity index (χ3n) is 1.54. The summed E-state index contributed by atoms with van der Waals surface area (Å²) in [5.74, 6) is -0.494. The molecule has 5 nitrogen and oxygen atoms in total. The van der Waals surface area contributed by atoms with Gasteiger partial charge < -0.3 is 19.5 Å². The van der Waals surface area contributed by atoms with Crippen molar-refractivity contribution in [3.8, 4) is 0 Å². The second-order valence-corrected chi connectivity index (χ2v) is 8.99. The van der Waals surface area contributed by atoms with Gasteiger partial charge in [-0.3, -0.25) is 4.79 Å². The normalized spacial score (nSPS) is 13.2. The fourth-order valence-electron chi connectivity index (χ4n) is 0.903. The van der Waals surface area contributed by atoms with Crippen molar-refractivity contribution in [2.24, 2.45) is 0 Å². The second kappa shape index (κ2) is 8.11. The van der Waals surface area contributed by atoms with Gasteiger partial charge in [-0.25, -0.2) is 0 Å². The van der Waals surface area contributed by atoms with Crippen molar-refractivity contribution in [1.82, 2.24) is 5.32 Å². The highest BCUT2D eigenvalue weighted by atomic mass is 32.9. The van der Waals surface area contributed by atoms with Crippen LogP contribution in [0.2, 0.25) is 0 Å². The molecular weight excluding hydrogens is 281 g/mol. The third kappa shape index (κ3) is 5.88. The summed E-state index contributed by atoms with van der Waals surface area (Å²) in [5.41, 5.74) is -2.63. The molecule has 0 heterocycles. The van der Waals surface area contributed by atoms with Crippen LogP contribution in [-0.4, -0.2) is 31.3 Å². The van der Waals surface area contributed by atoms with Gasteiger partial charge in [0.25, 0.3) is 11.6 Å². The van der Waals surface area contributed by atoms with Crippen LogP contribution in [0.15, 0.2) is 10.7 Å². The fourth-order valence-corrected chi connectivity index (χ4v) is 5.82. The molecule has 0 aliphatic heterocycles. The lowest BCUT2D eigenvalue weighted by atomic mass is 10.4. The Morgan fingerprint density at radius 3 is 2.18 bits per heavy atom. The van der Waals surface area contributed by atoms with Gasteiger partial charge in [0.1, 0.15) is 10.7 Å². The van der Waals surface area contributed by atoms with E-state index in [1.807, 2.05) is 0 Å². The highest BCUT2D eigenvalue weighted by Gasteiger charge is 2.26. The molecule has 0 aliphatic carbocycles. The van der Waals surface area contributed by atoms with Gasteiger partial charge in [-0.15, -0.1) is 0 Å². The van der Waals surface area contributed by atoms with Crippen molar-refractivity contribution < 1.29 is 18.9 Å². The Labute approximate surface area is 111 Å². The smallest absolute Gasteiger partial charge is 0.261 e. The van der Waals surface area contributed by atoms with Gasteiger partial charge in [-0.2, -0.15) is 0 Å². The van der Waals surface area contributed by atoms with E-state index in [1.165, 1.54) is 14.0 Å². The van der Waals surface area contributed by atoms with E-state index in [4.69, 9.17) is 20.9 Å². The van der Waals surface area contributed by atoms with Crippen LogP contribution in [0.3, 0.4) is 0 Å². The van der Waals surface area contributed by atoms with Gasteiger partial charge in [0.05, 0.1) is 13.2 Å². The molecule has 0 radical (unpaired) electrons. The van der Waals surface area contributed by atoms with Crippen LogP contribution in [0.25, 0.3) is 0 Å². The Morgan fingerprint density at radius 1 is 1.41 bits per heavy atom. The summed E-state index contributed by atoms with van der Waals surface area (Å²) >= 11 is 6.25. The summed E-state index contributed by atoms with van der Waals surface area (Å²) in [7, 11) is 1.48. The predicted molar refractivity (Wildman–Crippen MR) is 74.5 cm³/mol. The number of amides is 1. The summed E-state index contributed by atoms with van der Waals surface area (Å²) in [6.07, 6.45) is 0. The van der Waals surface area contributed by atoms with E-state index in [9.17, 15) is 9.90 Å². The number of nitrogens with one attached hydrogen (secondary N) is 1. The van der Waals surface area contributed by atoms with Crippen molar-refractivity contribution >= 4 is 34.8 Å². The number of hydrogen-bond donors (Lipinski definition) is 2. The largest absolute Gasteiger partial charge is 0.511 e. The number of aliphatic hydroxyl groups is 1. The number of allylic oxidation sites excluding steroid dienone is 1. The van der Waals surface area contributed by atoms with Crippen molar-refractivity contribution in [1.29, 1.82) is 0 Å². The summed E-state index contributed by atoms with van der Waals surface area (Å²) in [4.78, 5) is 11.7. The molecule has 0 spiro atoms. The van der Waals surface area contributed by atoms with Crippen molar-refractivity contribution in [2.45, 2.75) is 20.8 Å². The van der Waals surface area contributed by atoms with E-state index < -0.39 is 11.6 Å². The average Bonchev–Trinajstić information content (AvgIpc) is 2.25. The lowest BCUT2D eigenvalue weighted by molar-refractivity contribution is -0.116. The quantitative estimate of drug-likeness (QED) is 0.428. The maximum absolute atomic E-state index is 11.6. The van der Waals surface area contributed by atoms with Crippen LogP contribution < -0.4 is 5.32 Å². The van der Waals surface area contributed by atoms with Gasteiger partial charge in [0.2, 0.25) is 0 Å². The molecule has 0 saturated carbocycles. The summed E-state index contributed by atoms with van der Waals surface area (Å²) in [6.45, 7) is 5.83. The topological polar surface area (TPSA) is 67.8 Å². The summed E-state index contributed by atoms with van der Waals surface area (Å²) in [5, 5.41) is 11.9. The molecule has 0 atom stereocenters. The first-order valence-corrected chi connectivity index (χ1v) is 9.16. The zero-order chi connectivity index (χ0) is 13.5. The van der Waals surface area contributed by atoms with E-state index in [0.29, 0.717) is 13.2 Å². The number of hydrogen-bond acceptors (Lipinski definition) is 6. The molecule has 0 aliphatic rings. The molecular formula is C9H18NO4PS2. The minimum absolute atomic E-state index is 0.0945. The van der Waals surface area contributed by atoms with Crippen LogP contribution in [-0.2, 0) is 25.6 Å². The first kappa shape index (κ1) is 16.9. The molecule has 0 aromatic heterocycles. The Kier molecular flexibility index (Phi) is 8.07. The first-order valence-electron chi connectivity index (χ1n) is 5.10. The first-order chi connectivity index (χ1) is 7.90. The monoisotopic (exact) mass is 299 g/mol. The molecule has 0 saturated heterocycles. The maximum Gasteiger partial charge on any atom is 0.261 e. The molecule has 17 heavy (non-hydrogen) atoms. The number of carbonyl (C=O) groups excluding carboxylic acids is 1. The minimum Gasteiger partial charge on any atom is -0.511 e. The Balaban J connectivity index is 5.02. The fraction of sp³-hybridized carbons (Fsp3) is 0.667. The van der Waals surface area contributed by atoms with Crippen LogP contribution >= 0.6 is 17.1 Å². The standard InChI is InChI=1S/C9H18NO4PS2/c1-5-13-15(16,14-6-2)17-8(7(3)11)9(12)10-4/h11H,5-6H2,1-4H3,(H,10,12)/b8-7-. The van der Waals surface area contributed by atoms with E-state index in [2.05, 4.69) is 5.32 Å². The zero-order valence-electron chi connectivity index (χ0n) is 10.3. The molecule has 0 aromatic rings. The molecule has 0 unspecified atom stereocenters. The van der Waals surface area contributed by atoms with E-state index >= 15 is 0 Å². The van der Waals surface area contributed by atoms with Gasteiger partial charge in [-0.1, -0.05) is 0 Å². The Bertz CT molecular complexity index is 332. The van der Waals surface area contributed by atoms with Gasteiger partial charge >= 0.3 is 0 Å². The third-order valence-corrected chi connectivity index (χ3v) is 6.73. The molecule has 100 valence electrons. The van der Waals surface area contributed by atoms with Crippen molar-refractivity contribution in [2.75, 3.05) is 20.3 Å². The van der Waals surface area contributed by atoms with Crippen LogP contribution in [0, 0.1) is 0 Å². The van der Waals surface area contributed by atoms with Crippen molar-refractivity contribution in [3.63, 3.8) is 0 Å². The SMILES string of the molecule is CCOP(=S)(OCC)S/C(C(=O)NC)=C(/C)O. The van der Waals surface area contributed by atoms with Gasteiger partial charge in [0, 0.05) is 7.05 Å². The molecule has 1 amide bonds. The molecule has 0 rings (SSSR count). The van der Waals surface area contributed by atoms with E-state index in [0.717, 1.165) is 11.4 Å². The lowest BCUT2D eigenvalue weighted by Gasteiger charge is -2.20. The lowest BCUT2D eigenvalue weighted by Crippen LogP contribution is -2.19. The molecule has 0 aromatic carbocycles.